The zero-order valence-electron chi connectivity index (χ0n) is 9.43. The highest BCUT2D eigenvalue weighted by Gasteiger charge is 1.93. The van der Waals surface area contributed by atoms with E-state index in [4.69, 9.17) is 16.3 Å². The molecule has 0 aliphatic heterocycles. The highest BCUT2D eigenvalue weighted by atomic mass is 35.5. The maximum Gasteiger partial charge on any atom is 0.119 e. The Bertz CT molecular complexity index is 537. The van der Waals surface area contributed by atoms with Crippen LogP contribution in [0.3, 0.4) is 0 Å². The molecular weight excluding hydrogens is 234 g/mol. The summed E-state index contributed by atoms with van der Waals surface area (Å²) in [5.74, 6) is 0.819. The monoisotopic (exact) mass is 245 g/mol. The number of halogens is 1. The van der Waals surface area contributed by atoms with E-state index in [1.54, 1.807) is 13.3 Å². The number of rotatable bonds is 3. The quantitative estimate of drug-likeness (QED) is 0.746. The van der Waals surface area contributed by atoms with Crippen molar-refractivity contribution in [2.45, 2.75) is 0 Å². The molecule has 2 aromatic carbocycles. The largest absolute Gasteiger partial charge is 0.497 e. The summed E-state index contributed by atoms with van der Waals surface area (Å²) in [5, 5.41) is 0.685. The van der Waals surface area contributed by atoms with Crippen LogP contribution in [0.1, 0.15) is 5.56 Å². The minimum atomic E-state index is 0.685. The van der Waals surface area contributed by atoms with E-state index in [0.717, 1.165) is 17.0 Å². The number of aliphatic imine (C=N–C) groups is 1. The topological polar surface area (TPSA) is 21.6 Å². The molecule has 2 nitrogen and oxygen atoms in total. The van der Waals surface area contributed by atoms with Gasteiger partial charge in [-0.1, -0.05) is 29.8 Å². The SMILES string of the molecule is COc1cccc(C=Nc2cccc(Cl)c2)c1. The first-order valence-corrected chi connectivity index (χ1v) is 5.59. The van der Waals surface area contributed by atoms with Crippen LogP contribution in [-0.2, 0) is 0 Å². The van der Waals surface area contributed by atoms with Crippen molar-refractivity contribution in [2.75, 3.05) is 7.11 Å². The van der Waals surface area contributed by atoms with Gasteiger partial charge in [-0.2, -0.15) is 0 Å². The molecule has 0 fully saturated rings. The predicted molar refractivity (Wildman–Crippen MR) is 71.7 cm³/mol. The Kier molecular flexibility index (Phi) is 3.78. The summed E-state index contributed by atoms with van der Waals surface area (Å²) < 4.78 is 5.14. The summed E-state index contributed by atoms with van der Waals surface area (Å²) in [6.45, 7) is 0. The van der Waals surface area contributed by atoms with Crippen molar-refractivity contribution in [3.05, 3.63) is 59.1 Å². The van der Waals surface area contributed by atoms with Gasteiger partial charge in [0.25, 0.3) is 0 Å². The first-order valence-electron chi connectivity index (χ1n) is 5.21. The lowest BCUT2D eigenvalue weighted by molar-refractivity contribution is 0.415. The molecule has 2 rings (SSSR count). The summed E-state index contributed by atoms with van der Waals surface area (Å²) in [5.41, 5.74) is 1.82. The van der Waals surface area contributed by atoms with Gasteiger partial charge in [0.15, 0.2) is 0 Å². The molecule has 0 radical (unpaired) electrons. The van der Waals surface area contributed by atoms with Gasteiger partial charge in [0.1, 0.15) is 5.75 Å². The fourth-order valence-corrected chi connectivity index (χ4v) is 1.61. The van der Waals surface area contributed by atoms with Crippen LogP contribution in [0, 0.1) is 0 Å². The molecule has 0 aliphatic rings. The first-order chi connectivity index (χ1) is 8.28. The van der Waals surface area contributed by atoms with Gasteiger partial charge >= 0.3 is 0 Å². The van der Waals surface area contributed by atoms with E-state index >= 15 is 0 Å². The van der Waals surface area contributed by atoms with E-state index < -0.39 is 0 Å². The molecule has 0 atom stereocenters. The highest BCUT2D eigenvalue weighted by Crippen LogP contribution is 2.18. The van der Waals surface area contributed by atoms with Crippen LogP contribution >= 0.6 is 11.6 Å². The molecule has 0 amide bonds. The Balaban J connectivity index is 2.19. The van der Waals surface area contributed by atoms with Crippen LogP contribution < -0.4 is 4.74 Å². The third-order valence-electron chi connectivity index (χ3n) is 2.26. The van der Waals surface area contributed by atoms with Crippen molar-refractivity contribution in [1.82, 2.24) is 0 Å². The number of hydrogen-bond donors (Lipinski definition) is 0. The molecule has 0 aromatic heterocycles. The molecule has 0 N–H and O–H groups in total. The van der Waals surface area contributed by atoms with Gasteiger partial charge in [0, 0.05) is 11.2 Å². The summed E-state index contributed by atoms with van der Waals surface area (Å²) in [4.78, 5) is 4.35. The van der Waals surface area contributed by atoms with Gasteiger partial charge in [-0.3, -0.25) is 4.99 Å². The van der Waals surface area contributed by atoms with Crippen molar-refractivity contribution < 1.29 is 4.74 Å². The molecule has 0 saturated carbocycles. The maximum atomic E-state index is 5.88. The molecule has 0 unspecified atom stereocenters. The van der Waals surface area contributed by atoms with E-state index in [1.807, 2.05) is 48.5 Å². The molecule has 0 spiro atoms. The zero-order chi connectivity index (χ0) is 12.1. The molecule has 2 aromatic rings. The lowest BCUT2D eigenvalue weighted by Crippen LogP contribution is -1.85. The number of ether oxygens (including phenoxy) is 1. The van der Waals surface area contributed by atoms with Crippen LogP contribution in [0.5, 0.6) is 5.75 Å². The predicted octanol–water partition coefficient (Wildman–Crippen LogP) is 4.10. The molecule has 17 heavy (non-hydrogen) atoms. The number of methoxy groups -OCH3 is 1. The third kappa shape index (κ3) is 3.33. The standard InChI is InChI=1S/C14H12ClNO/c1-17-14-7-2-4-11(8-14)10-16-13-6-3-5-12(15)9-13/h2-10H,1H3. The fraction of sp³-hybridized carbons (Fsp3) is 0.0714. The Morgan fingerprint density at radius 2 is 1.94 bits per heavy atom. The lowest BCUT2D eigenvalue weighted by atomic mass is 10.2. The Hall–Kier alpha value is -1.80. The van der Waals surface area contributed by atoms with Crippen molar-refractivity contribution in [1.29, 1.82) is 0 Å². The van der Waals surface area contributed by atoms with Gasteiger partial charge in [-0.25, -0.2) is 0 Å². The van der Waals surface area contributed by atoms with Gasteiger partial charge in [-0.15, -0.1) is 0 Å². The van der Waals surface area contributed by atoms with Crippen LogP contribution in [0.15, 0.2) is 53.5 Å². The van der Waals surface area contributed by atoms with Gasteiger partial charge in [-0.05, 0) is 35.9 Å². The van der Waals surface area contributed by atoms with E-state index in [1.165, 1.54) is 0 Å². The summed E-state index contributed by atoms with van der Waals surface area (Å²) >= 11 is 5.88. The van der Waals surface area contributed by atoms with Gasteiger partial charge in [0.05, 0.1) is 12.8 Å². The summed E-state index contributed by atoms with van der Waals surface area (Å²) in [7, 11) is 1.65. The molecule has 0 heterocycles. The van der Waals surface area contributed by atoms with E-state index in [2.05, 4.69) is 4.99 Å². The average Bonchev–Trinajstić information content (AvgIpc) is 2.37. The van der Waals surface area contributed by atoms with E-state index in [0.29, 0.717) is 5.02 Å². The zero-order valence-corrected chi connectivity index (χ0v) is 10.2. The second-order valence-corrected chi connectivity index (χ2v) is 3.95. The van der Waals surface area contributed by atoms with Crippen molar-refractivity contribution in [3.63, 3.8) is 0 Å². The molecule has 0 saturated heterocycles. The third-order valence-corrected chi connectivity index (χ3v) is 2.50. The first kappa shape index (κ1) is 11.7. The maximum absolute atomic E-state index is 5.88. The molecular formula is C14H12ClNO. The normalized spacial score (nSPS) is 10.7. The minimum Gasteiger partial charge on any atom is -0.497 e. The van der Waals surface area contributed by atoms with E-state index in [-0.39, 0.29) is 0 Å². The summed E-state index contributed by atoms with van der Waals surface area (Å²) in [6.07, 6.45) is 1.79. The van der Waals surface area contributed by atoms with Crippen molar-refractivity contribution >= 4 is 23.5 Å². The molecule has 0 bridgehead atoms. The van der Waals surface area contributed by atoms with Gasteiger partial charge in [0.2, 0.25) is 0 Å². The van der Waals surface area contributed by atoms with Crippen molar-refractivity contribution in [2.24, 2.45) is 4.99 Å². The van der Waals surface area contributed by atoms with E-state index in [9.17, 15) is 0 Å². The Morgan fingerprint density at radius 1 is 1.12 bits per heavy atom. The molecule has 86 valence electrons. The number of benzene rings is 2. The molecule has 0 aliphatic carbocycles. The minimum absolute atomic E-state index is 0.685. The Labute approximate surface area is 106 Å². The highest BCUT2D eigenvalue weighted by molar-refractivity contribution is 6.30. The van der Waals surface area contributed by atoms with Crippen LogP contribution in [0.25, 0.3) is 0 Å². The second kappa shape index (κ2) is 5.51. The molecule has 3 heteroatoms. The van der Waals surface area contributed by atoms with Crippen LogP contribution in [-0.4, -0.2) is 13.3 Å². The average molecular weight is 246 g/mol. The van der Waals surface area contributed by atoms with Crippen molar-refractivity contribution in [3.8, 4) is 5.75 Å². The lowest BCUT2D eigenvalue weighted by Gasteiger charge is -1.99. The Morgan fingerprint density at radius 3 is 2.71 bits per heavy atom. The van der Waals surface area contributed by atoms with Crippen LogP contribution in [0.4, 0.5) is 5.69 Å². The number of hydrogen-bond acceptors (Lipinski definition) is 2. The number of nitrogens with zero attached hydrogens (tertiary/aromatic N) is 1. The summed E-state index contributed by atoms with van der Waals surface area (Å²) in [6, 6.07) is 15.1. The smallest absolute Gasteiger partial charge is 0.119 e. The second-order valence-electron chi connectivity index (χ2n) is 3.51. The fourth-order valence-electron chi connectivity index (χ4n) is 1.43. The van der Waals surface area contributed by atoms with Gasteiger partial charge < -0.3 is 4.74 Å². The van der Waals surface area contributed by atoms with Crippen LogP contribution in [0.2, 0.25) is 5.02 Å².